The van der Waals surface area contributed by atoms with Crippen LogP contribution in [0.2, 0.25) is 0 Å². The van der Waals surface area contributed by atoms with Crippen molar-refractivity contribution < 1.29 is 14.3 Å². The Kier molecular flexibility index (Phi) is 4.94. The largest absolute Gasteiger partial charge is 0.454 e. The number of fused-ring (bicyclic) bond motifs is 1. The lowest BCUT2D eigenvalue weighted by Gasteiger charge is -2.25. The smallest absolute Gasteiger partial charge is 0.317 e. The van der Waals surface area contributed by atoms with Gasteiger partial charge in [-0.1, -0.05) is 19.9 Å². The molecular formula is C16H24N2O3. The molecule has 1 aliphatic heterocycles. The molecule has 0 fully saturated rings. The van der Waals surface area contributed by atoms with Gasteiger partial charge in [-0.2, -0.15) is 0 Å². The van der Waals surface area contributed by atoms with E-state index in [1.165, 1.54) is 0 Å². The summed E-state index contributed by atoms with van der Waals surface area (Å²) in [5.41, 5.74) is 1.04. The van der Waals surface area contributed by atoms with Gasteiger partial charge in [-0.3, -0.25) is 0 Å². The van der Waals surface area contributed by atoms with E-state index in [4.69, 9.17) is 9.47 Å². The fourth-order valence-electron chi connectivity index (χ4n) is 2.04. The molecule has 0 spiro atoms. The van der Waals surface area contributed by atoms with E-state index in [0.29, 0.717) is 19.0 Å². The molecule has 1 unspecified atom stereocenters. The average Bonchev–Trinajstić information content (AvgIpc) is 2.91. The highest BCUT2D eigenvalue weighted by Crippen LogP contribution is 2.32. The average molecular weight is 292 g/mol. The fourth-order valence-corrected chi connectivity index (χ4v) is 2.04. The molecular weight excluding hydrogens is 268 g/mol. The Morgan fingerprint density at radius 3 is 2.67 bits per heavy atom. The van der Waals surface area contributed by atoms with Crippen molar-refractivity contribution in [2.45, 2.75) is 40.3 Å². The van der Waals surface area contributed by atoms with Crippen LogP contribution in [0.3, 0.4) is 0 Å². The van der Waals surface area contributed by atoms with Gasteiger partial charge in [0.2, 0.25) is 6.79 Å². The van der Waals surface area contributed by atoms with Crippen molar-refractivity contribution >= 4 is 6.03 Å². The van der Waals surface area contributed by atoms with Crippen LogP contribution in [0, 0.1) is 5.92 Å². The minimum absolute atomic E-state index is 0.0311. The highest BCUT2D eigenvalue weighted by Gasteiger charge is 2.18. The standard InChI is InChI=1S/C16H24N2O3/c1-5-18(16(19)17-12(4)11(2)3)9-13-6-7-14-15(8-13)21-10-20-14/h6-8,11-12H,5,9-10H2,1-4H3,(H,17,19). The van der Waals surface area contributed by atoms with Gasteiger partial charge in [-0.05, 0) is 37.5 Å². The van der Waals surface area contributed by atoms with Gasteiger partial charge < -0.3 is 19.7 Å². The molecule has 1 aromatic carbocycles. The van der Waals surface area contributed by atoms with Crippen LogP contribution in [0.1, 0.15) is 33.3 Å². The molecule has 0 aromatic heterocycles. The van der Waals surface area contributed by atoms with Crippen LogP contribution in [0.15, 0.2) is 18.2 Å². The lowest BCUT2D eigenvalue weighted by Crippen LogP contribution is -2.45. The molecule has 1 heterocycles. The minimum atomic E-state index is -0.0311. The molecule has 1 N–H and O–H groups in total. The van der Waals surface area contributed by atoms with Gasteiger partial charge >= 0.3 is 6.03 Å². The van der Waals surface area contributed by atoms with E-state index in [-0.39, 0.29) is 18.9 Å². The highest BCUT2D eigenvalue weighted by molar-refractivity contribution is 5.74. The maximum Gasteiger partial charge on any atom is 0.317 e. The zero-order valence-corrected chi connectivity index (χ0v) is 13.2. The van der Waals surface area contributed by atoms with Crippen molar-refractivity contribution in [3.63, 3.8) is 0 Å². The van der Waals surface area contributed by atoms with E-state index in [9.17, 15) is 4.79 Å². The van der Waals surface area contributed by atoms with Gasteiger partial charge in [0.25, 0.3) is 0 Å². The number of hydrogen-bond donors (Lipinski definition) is 1. The highest BCUT2D eigenvalue weighted by atomic mass is 16.7. The molecule has 1 aliphatic rings. The van der Waals surface area contributed by atoms with E-state index in [0.717, 1.165) is 17.1 Å². The Bertz CT molecular complexity index is 502. The molecule has 1 atom stereocenters. The number of carbonyl (C=O) groups excluding carboxylic acids is 1. The summed E-state index contributed by atoms with van der Waals surface area (Å²) in [5, 5.41) is 3.03. The van der Waals surface area contributed by atoms with E-state index in [2.05, 4.69) is 19.2 Å². The first-order valence-electron chi connectivity index (χ1n) is 7.45. The first-order valence-corrected chi connectivity index (χ1v) is 7.45. The summed E-state index contributed by atoms with van der Waals surface area (Å²) in [5.74, 6) is 1.93. The predicted octanol–water partition coefficient (Wildman–Crippen LogP) is 2.99. The molecule has 2 rings (SSSR count). The molecule has 0 saturated heterocycles. The predicted molar refractivity (Wildman–Crippen MR) is 81.5 cm³/mol. The quantitative estimate of drug-likeness (QED) is 0.907. The number of urea groups is 1. The topological polar surface area (TPSA) is 50.8 Å². The molecule has 0 radical (unpaired) electrons. The van der Waals surface area contributed by atoms with E-state index in [1.54, 1.807) is 4.90 Å². The second-order valence-electron chi connectivity index (χ2n) is 5.68. The van der Waals surface area contributed by atoms with Gasteiger partial charge in [-0.25, -0.2) is 4.79 Å². The molecule has 5 nitrogen and oxygen atoms in total. The van der Waals surface area contributed by atoms with Crippen molar-refractivity contribution in [1.29, 1.82) is 0 Å². The molecule has 0 bridgehead atoms. The Balaban J connectivity index is 2.00. The maximum absolute atomic E-state index is 12.3. The van der Waals surface area contributed by atoms with Crippen molar-refractivity contribution in [1.82, 2.24) is 10.2 Å². The Labute approximate surface area is 126 Å². The summed E-state index contributed by atoms with van der Waals surface area (Å²) in [6.07, 6.45) is 0. The van der Waals surface area contributed by atoms with E-state index < -0.39 is 0 Å². The SMILES string of the molecule is CCN(Cc1ccc2c(c1)OCO2)C(=O)NC(C)C(C)C. The summed E-state index contributed by atoms with van der Waals surface area (Å²) in [6.45, 7) is 9.68. The summed E-state index contributed by atoms with van der Waals surface area (Å²) in [4.78, 5) is 14.1. The molecule has 21 heavy (non-hydrogen) atoms. The molecule has 5 heteroatoms. The van der Waals surface area contributed by atoms with Crippen LogP contribution >= 0.6 is 0 Å². The number of benzene rings is 1. The number of amides is 2. The third kappa shape index (κ3) is 3.80. The Hall–Kier alpha value is -1.91. The zero-order chi connectivity index (χ0) is 15.4. The van der Waals surface area contributed by atoms with Gasteiger partial charge in [0.05, 0.1) is 0 Å². The van der Waals surface area contributed by atoms with Crippen LogP contribution in [-0.4, -0.2) is 30.3 Å². The number of hydrogen-bond acceptors (Lipinski definition) is 3. The lowest BCUT2D eigenvalue weighted by molar-refractivity contribution is 0.173. The minimum Gasteiger partial charge on any atom is -0.454 e. The van der Waals surface area contributed by atoms with Crippen molar-refractivity contribution in [3.8, 4) is 11.5 Å². The number of nitrogens with zero attached hydrogens (tertiary/aromatic N) is 1. The second kappa shape index (κ2) is 6.70. The normalized spacial score (nSPS) is 14.1. The van der Waals surface area contributed by atoms with Gasteiger partial charge in [0.1, 0.15) is 0 Å². The summed E-state index contributed by atoms with van der Waals surface area (Å²) >= 11 is 0. The molecule has 1 aromatic rings. The molecule has 2 amide bonds. The van der Waals surface area contributed by atoms with Crippen molar-refractivity contribution in [2.75, 3.05) is 13.3 Å². The van der Waals surface area contributed by atoms with Gasteiger partial charge in [0.15, 0.2) is 11.5 Å². The lowest BCUT2D eigenvalue weighted by atomic mass is 10.1. The summed E-state index contributed by atoms with van der Waals surface area (Å²) in [7, 11) is 0. The van der Waals surface area contributed by atoms with Gasteiger partial charge in [-0.15, -0.1) is 0 Å². The Morgan fingerprint density at radius 2 is 2.00 bits per heavy atom. The number of carbonyl (C=O) groups is 1. The Morgan fingerprint density at radius 1 is 1.29 bits per heavy atom. The summed E-state index contributed by atoms with van der Waals surface area (Å²) in [6, 6.07) is 5.92. The third-order valence-electron chi connectivity index (χ3n) is 3.83. The van der Waals surface area contributed by atoms with Crippen LogP contribution in [0.25, 0.3) is 0 Å². The van der Waals surface area contributed by atoms with Crippen LogP contribution in [-0.2, 0) is 6.54 Å². The van der Waals surface area contributed by atoms with Crippen LogP contribution in [0.5, 0.6) is 11.5 Å². The monoisotopic (exact) mass is 292 g/mol. The number of nitrogens with one attached hydrogen (secondary N) is 1. The van der Waals surface area contributed by atoms with Gasteiger partial charge in [0, 0.05) is 19.1 Å². The van der Waals surface area contributed by atoms with Crippen LogP contribution < -0.4 is 14.8 Å². The number of rotatable bonds is 5. The fraction of sp³-hybridized carbons (Fsp3) is 0.562. The summed E-state index contributed by atoms with van der Waals surface area (Å²) < 4.78 is 10.7. The third-order valence-corrected chi connectivity index (χ3v) is 3.83. The first-order chi connectivity index (χ1) is 10.0. The van der Waals surface area contributed by atoms with E-state index >= 15 is 0 Å². The second-order valence-corrected chi connectivity index (χ2v) is 5.68. The van der Waals surface area contributed by atoms with Crippen molar-refractivity contribution in [3.05, 3.63) is 23.8 Å². The molecule has 116 valence electrons. The zero-order valence-electron chi connectivity index (χ0n) is 13.2. The number of ether oxygens (including phenoxy) is 2. The van der Waals surface area contributed by atoms with Crippen LogP contribution in [0.4, 0.5) is 4.79 Å². The first kappa shape index (κ1) is 15.5. The van der Waals surface area contributed by atoms with E-state index in [1.807, 2.05) is 32.0 Å². The maximum atomic E-state index is 12.3. The van der Waals surface area contributed by atoms with Crippen molar-refractivity contribution in [2.24, 2.45) is 5.92 Å². The molecule has 0 saturated carbocycles. The molecule has 0 aliphatic carbocycles.